The minimum atomic E-state index is -1.25. The van der Waals surface area contributed by atoms with Crippen LogP contribution in [0.15, 0.2) is 78.9 Å². The van der Waals surface area contributed by atoms with Gasteiger partial charge in [0.1, 0.15) is 11.8 Å². The van der Waals surface area contributed by atoms with Crippen LogP contribution in [-0.2, 0) is 14.3 Å². The van der Waals surface area contributed by atoms with Crippen molar-refractivity contribution < 1.29 is 23.9 Å². The molecule has 0 aliphatic carbocycles. The number of carbonyl (C=O) groups excluding carboxylic acids is 3. The standard InChI is InChI=1S/C26H25ClN2O5/c1-3-33-22-16-10-9-15-21(22)29-25(31)23(18-11-5-4-6-12-18)34-26(32)17(2)28-24(30)19-13-7-8-14-20(19)27/h4-17,23H,3H2,1-2H3,(H,28,30)(H,29,31)/t17-,23?/m0/s1. The van der Waals surface area contributed by atoms with Crippen LogP contribution >= 0.6 is 11.6 Å². The molecule has 34 heavy (non-hydrogen) atoms. The summed E-state index contributed by atoms with van der Waals surface area (Å²) >= 11 is 6.06. The maximum atomic E-state index is 13.2. The van der Waals surface area contributed by atoms with Gasteiger partial charge >= 0.3 is 5.97 Å². The number of amides is 2. The minimum Gasteiger partial charge on any atom is -0.492 e. The molecule has 2 amide bonds. The predicted molar refractivity (Wildman–Crippen MR) is 130 cm³/mol. The van der Waals surface area contributed by atoms with E-state index in [1.54, 1.807) is 78.9 Å². The van der Waals surface area contributed by atoms with Crippen LogP contribution in [0.25, 0.3) is 0 Å². The number of anilines is 1. The van der Waals surface area contributed by atoms with Crippen molar-refractivity contribution in [2.24, 2.45) is 0 Å². The van der Waals surface area contributed by atoms with E-state index in [0.717, 1.165) is 0 Å². The smallest absolute Gasteiger partial charge is 0.329 e. The summed E-state index contributed by atoms with van der Waals surface area (Å²) in [4.78, 5) is 38.5. The van der Waals surface area contributed by atoms with Gasteiger partial charge in [-0.05, 0) is 38.1 Å². The zero-order valence-corrected chi connectivity index (χ0v) is 19.5. The number of rotatable bonds is 9. The quantitative estimate of drug-likeness (QED) is 0.430. The van der Waals surface area contributed by atoms with Crippen molar-refractivity contribution in [2.45, 2.75) is 26.0 Å². The molecule has 0 aliphatic rings. The number of carbonyl (C=O) groups is 3. The summed E-state index contributed by atoms with van der Waals surface area (Å²) in [5.41, 5.74) is 1.16. The van der Waals surface area contributed by atoms with Gasteiger partial charge in [-0.1, -0.05) is 66.2 Å². The van der Waals surface area contributed by atoms with Gasteiger partial charge in [0.25, 0.3) is 11.8 Å². The number of hydrogen-bond acceptors (Lipinski definition) is 5. The van der Waals surface area contributed by atoms with E-state index >= 15 is 0 Å². The molecule has 7 nitrogen and oxygen atoms in total. The monoisotopic (exact) mass is 480 g/mol. The molecule has 3 aromatic carbocycles. The molecule has 0 saturated heterocycles. The fourth-order valence-corrected chi connectivity index (χ4v) is 3.37. The highest BCUT2D eigenvalue weighted by Gasteiger charge is 2.29. The lowest BCUT2D eigenvalue weighted by Gasteiger charge is -2.21. The summed E-state index contributed by atoms with van der Waals surface area (Å²) in [7, 11) is 0. The van der Waals surface area contributed by atoms with Crippen LogP contribution in [0.1, 0.15) is 35.9 Å². The first-order chi connectivity index (χ1) is 16.4. The first-order valence-electron chi connectivity index (χ1n) is 10.7. The SMILES string of the molecule is CCOc1ccccc1NC(=O)C(OC(=O)[C@H](C)NC(=O)c1ccccc1Cl)c1ccccc1. The minimum absolute atomic E-state index is 0.230. The number of nitrogens with one attached hydrogen (secondary N) is 2. The Morgan fingerprint density at radius 3 is 2.26 bits per heavy atom. The highest BCUT2D eigenvalue weighted by molar-refractivity contribution is 6.33. The molecule has 8 heteroatoms. The molecule has 0 radical (unpaired) electrons. The highest BCUT2D eigenvalue weighted by Crippen LogP contribution is 2.27. The molecule has 0 spiro atoms. The van der Waals surface area contributed by atoms with E-state index in [1.807, 2.05) is 6.92 Å². The lowest BCUT2D eigenvalue weighted by Crippen LogP contribution is -2.41. The van der Waals surface area contributed by atoms with Gasteiger partial charge in [0, 0.05) is 5.56 Å². The van der Waals surface area contributed by atoms with Gasteiger partial charge in [0.2, 0.25) is 6.10 Å². The van der Waals surface area contributed by atoms with Crippen molar-refractivity contribution in [3.05, 3.63) is 95.0 Å². The Morgan fingerprint density at radius 1 is 0.912 bits per heavy atom. The molecule has 176 valence electrons. The molecule has 0 bridgehead atoms. The van der Waals surface area contributed by atoms with Gasteiger partial charge in [-0.15, -0.1) is 0 Å². The van der Waals surface area contributed by atoms with Crippen molar-refractivity contribution in [1.82, 2.24) is 5.32 Å². The number of benzene rings is 3. The van der Waals surface area contributed by atoms with Crippen LogP contribution in [0.3, 0.4) is 0 Å². The Labute approximate surface area is 203 Å². The Bertz CT molecular complexity index is 1150. The normalized spacial score (nSPS) is 12.2. The summed E-state index contributed by atoms with van der Waals surface area (Å²) in [6.07, 6.45) is -1.25. The van der Waals surface area contributed by atoms with E-state index < -0.39 is 29.9 Å². The number of esters is 1. The van der Waals surface area contributed by atoms with E-state index in [-0.39, 0.29) is 10.6 Å². The second-order valence-electron chi connectivity index (χ2n) is 7.32. The maximum absolute atomic E-state index is 13.2. The summed E-state index contributed by atoms with van der Waals surface area (Å²) in [6, 6.07) is 21.1. The van der Waals surface area contributed by atoms with E-state index in [1.165, 1.54) is 6.92 Å². The highest BCUT2D eigenvalue weighted by atomic mass is 35.5. The van der Waals surface area contributed by atoms with E-state index in [0.29, 0.717) is 23.6 Å². The zero-order chi connectivity index (χ0) is 24.5. The van der Waals surface area contributed by atoms with Gasteiger partial charge in [0.05, 0.1) is 22.9 Å². The van der Waals surface area contributed by atoms with E-state index in [9.17, 15) is 14.4 Å². The van der Waals surface area contributed by atoms with Crippen molar-refractivity contribution in [1.29, 1.82) is 0 Å². The van der Waals surface area contributed by atoms with Gasteiger partial charge in [0.15, 0.2) is 0 Å². The number of halogens is 1. The Morgan fingerprint density at radius 2 is 1.56 bits per heavy atom. The lowest BCUT2D eigenvalue weighted by molar-refractivity contribution is -0.156. The van der Waals surface area contributed by atoms with E-state index in [4.69, 9.17) is 21.1 Å². The molecular formula is C26H25ClN2O5. The molecule has 0 saturated carbocycles. The topological polar surface area (TPSA) is 93.7 Å². The van der Waals surface area contributed by atoms with Gasteiger partial charge in [-0.2, -0.15) is 0 Å². The lowest BCUT2D eigenvalue weighted by atomic mass is 10.1. The van der Waals surface area contributed by atoms with Crippen molar-refractivity contribution in [3.8, 4) is 5.75 Å². The first kappa shape index (κ1) is 24.8. The van der Waals surface area contributed by atoms with Crippen molar-refractivity contribution >= 4 is 35.1 Å². The fourth-order valence-electron chi connectivity index (χ4n) is 3.15. The molecule has 2 N–H and O–H groups in total. The first-order valence-corrected chi connectivity index (χ1v) is 11.1. The van der Waals surface area contributed by atoms with Crippen molar-refractivity contribution in [2.75, 3.05) is 11.9 Å². The largest absolute Gasteiger partial charge is 0.492 e. The predicted octanol–water partition coefficient (Wildman–Crippen LogP) is 4.78. The number of para-hydroxylation sites is 2. The third-order valence-corrected chi connectivity index (χ3v) is 5.17. The van der Waals surface area contributed by atoms with Crippen molar-refractivity contribution in [3.63, 3.8) is 0 Å². The van der Waals surface area contributed by atoms with Crippen LogP contribution in [-0.4, -0.2) is 30.4 Å². The molecule has 0 aromatic heterocycles. The van der Waals surface area contributed by atoms with Crippen LogP contribution in [0.2, 0.25) is 5.02 Å². The molecule has 0 aliphatic heterocycles. The molecule has 3 aromatic rings. The van der Waals surface area contributed by atoms with Gasteiger partial charge in [-0.3, -0.25) is 9.59 Å². The average molecular weight is 481 g/mol. The van der Waals surface area contributed by atoms with Crippen LogP contribution in [0, 0.1) is 0 Å². The van der Waals surface area contributed by atoms with Gasteiger partial charge < -0.3 is 20.1 Å². The summed E-state index contributed by atoms with van der Waals surface area (Å²) in [5, 5.41) is 5.58. The number of hydrogen-bond donors (Lipinski definition) is 2. The molecule has 0 heterocycles. The molecule has 3 rings (SSSR count). The third-order valence-electron chi connectivity index (χ3n) is 4.84. The molecule has 0 fully saturated rings. The average Bonchev–Trinajstić information content (AvgIpc) is 2.84. The second kappa shape index (κ2) is 11.9. The Balaban J connectivity index is 1.76. The maximum Gasteiger partial charge on any atom is 0.329 e. The molecular weight excluding hydrogens is 456 g/mol. The van der Waals surface area contributed by atoms with E-state index in [2.05, 4.69) is 10.6 Å². The Kier molecular flexibility index (Phi) is 8.65. The zero-order valence-electron chi connectivity index (χ0n) is 18.8. The van der Waals surface area contributed by atoms with Crippen LogP contribution in [0.4, 0.5) is 5.69 Å². The van der Waals surface area contributed by atoms with Crippen LogP contribution in [0.5, 0.6) is 5.75 Å². The molecule has 2 atom stereocenters. The Hall–Kier alpha value is -3.84. The fraction of sp³-hybridized carbons (Fsp3) is 0.192. The number of ether oxygens (including phenoxy) is 2. The molecule has 1 unspecified atom stereocenters. The van der Waals surface area contributed by atoms with Gasteiger partial charge in [-0.25, -0.2) is 4.79 Å². The van der Waals surface area contributed by atoms with Crippen LogP contribution < -0.4 is 15.4 Å². The summed E-state index contributed by atoms with van der Waals surface area (Å²) in [5.74, 6) is -1.36. The summed E-state index contributed by atoms with van der Waals surface area (Å²) in [6.45, 7) is 3.74. The third kappa shape index (κ3) is 6.36. The summed E-state index contributed by atoms with van der Waals surface area (Å²) < 4.78 is 11.1. The second-order valence-corrected chi connectivity index (χ2v) is 7.73.